The lowest BCUT2D eigenvalue weighted by molar-refractivity contribution is -0.698. The van der Waals surface area contributed by atoms with Gasteiger partial charge in [-0.05, 0) is 6.42 Å². The number of carbonyl (C=O) groups is 1. The van der Waals surface area contributed by atoms with Gasteiger partial charge in [-0.15, -0.1) is 0 Å². The number of nitrogens with zero attached hydrogens (tertiary/aromatic N) is 1. The van der Waals surface area contributed by atoms with Crippen LogP contribution in [0.25, 0.3) is 0 Å². The number of aromatic nitrogens is 1. The average molecular weight is 427 g/mol. The van der Waals surface area contributed by atoms with E-state index in [1.807, 2.05) is 21.7 Å². The number of esters is 1. The number of ether oxygens (including phenoxy) is 2. The van der Waals surface area contributed by atoms with Crippen molar-refractivity contribution < 1.29 is 18.8 Å². The van der Waals surface area contributed by atoms with Crippen LogP contribution in [0.3, 0.4) is 0 Å². The van der Waals surface area contributed by atoms with Gasteiger partial charge in [-0.2, -0.15) is 4.57 Å². The lowest BCUT2D eigenvalue weighted by atomic mass is 10.0. The van der Waals surface area contributed by atoms with Crippen molar-refractivity contribution in [2.24, 2.45) is 0 Å². The Hall–Kier alpha value is -0.940. The monoisotopic (exact) mass is 426 g/mol. The maximum atomic E-state index is 11.3. The quantitative estimate of drug-likeness (QED) is 0.136. The molecule has 1 unspecified atom stereocenters. The Labute approximate surface area is 183 Å². The van der Waals surface area contributed by atoms with E-state index in [1.54, 1.807) is 11.3 Å². The molecule has 1 aromatic rings. The van der Waals surface area contributed by atoms with Crippen molar-refractivity contribution in [3.8, 4) is 0 Å². The number of thiazole rings is 1. The van der Waals surface area contributed by atoms with Gasteiger partial charge >= 0.3 is 5.97 Å². The molecule has 5 heteroatoms. The van der Waals surface area contributed by atoms with Crippen LogP contribution in [0.2, 0.25) is 0 Å². The predicted molar refractivity (Wildman–Crippen MR) is 121 cm³/mol. The minimum atomic E-state index is -0.245. The van der Waals surface area contributed by atoms with Crippen LogP contribution in [-0.2, 0) is 20.8 Å². The number of unbranched alkanes of at least 4 members (excludes halogenated alkanes) is 13. The van der Waals surface area contributed by atoms with Gasteiger partial charge < -0.3 is 9.47 Å². The zero-order valence-electron chi connectivity index (χ0n) is 18.9. The van der Waals surface area contributed by atoms with Gasteiger partial charge in [-0.3, -0.25) is 4.79 Å². The minimum absolute atomic E-state index is 0.209. The molecule has 0 fully saturated rings. The van der Waals surface area contributed by atoms with Crippen LogP contribution in [0, 0.1) is 0 Å². The fourth-order valence-corrected chi connectivity index (χ4v) is 4.18. The van der Waals surface area contributed by atoms with Crippen LogP contribution in [-0.4, -0.2) is 25.3 Å². The molecule has 0 bridgehead atoms. The first-order valence-electron chi connectivity index (χ1n) is 11.9. The minimum Gasteiger partial charge on any atom is -0.453 e. The SMILES string of the molecule is CCCCCCCCCCCCCCCCOCC(C[n+]1ccsc1)OC(C)=O. The smallest absolute Gasteiger partial charge is 0.303 e. The standard InChI is InChI=1S/C24H44NO3S/c1-3-4-5-6-7-8-9-10-11-12-13-14-15-16-18-27-21-24(28-23(2)26)20-25-17-19-29-22-25/h17,19,22,24H,3-16,18,20-21H2,1-2H3/q+1. The number of rotatable bonds is 20. The van der Waals surface area contributed by atoms with Crippen molar-refractivity contribution in [2.45, 2.75) is 116 Å². The molecule has 0 spiro atoms. The fraction of sp³-hybridized carbons (Fsp3) is 0.833. The van der Waals surface area contributed by atoms with Crippen molar-refractivity contribution in [3.05, 3.63) is 17.1 Å². The zero-order chi connectivity index (χ0) is 21.0. The van der Waals surface area contributed by atoms with Gasteiger partial charge in [0.25, 0.3) is 0 Å². The summed E-state index contributed by atoms with van der Waals surface area (Å²) in [4.78, 5) is 11.3. The summed E-state index contributed by atoms with van der Waals surface area (Å²) in [6.07, 6.45) is 20.9. The molecule has 0 saturated carbocycles. The Kier molecular flexibility index (Phi) is 17.1. The Morgan fingerprint density at radius 1 is 0.897 bits per heavy atom. The van der Waals surface area contributed by atoms with Crippen LogP contribution in [0.15, 0.2) is 17.1 Å². The Bertz CT molecular complexity index is 478. The molecule has 0 aliphatic carbocycles. The summed E-state index contributed by atoms with van der Waals surface area (Å²) in [5.74, 6) is -0.245. The molecule has 1 heterocycles. The highest BCUT2D eigenvalue weighted by atomic mass is 32.1. The van der Waals surface area contributed by atoms with Crippen LogP contribution in [0.1, 0.15) is 104 Å². The van der Waals surface area contributed by atoms with Crippen LogP contribution >= 0.6 is 11.3 Å². The van der Waals surface area contributed by atoms with E-state index in [1.165, 1.54) is 90.4 Å². The zero-order valence-corrected chi connectivity index (χ0v) is 19.7. The predicted octanol–water partition coefficient (Wildman–Crippen LogP) is 6.47. The second-order valence-corrected chi connectivity index (χ2v) is 8.88. The van der Waals surface area contributed by atoms with E-state index in [0.29, 0.717) is 13.2 Å². The molecule has 0 aliphatic rings. The normalized spacial score (nSPS) is 12.2. The van der Waals surface area contributed by atoms with Gasteiger partial charge in [0, 0.05) is 13.5 Å². The first kappa shape index (κ1) is 26.1. The van der Waals surface area contributed by atoms with E-state index in [9.17, 15) is 4.79 Å². The van der Waals surface area contributed by atoms with Crippen molar-refractivity contribution in [2.75, 3.05) is 13.2 Å². The molecule has 1 atom stereocenters. The first-order valence-corrected chi connectivity index (χ1v) is 12.8. The van der Waals surface area contributed by atoms with E-state index in [2.05, 4.69) is 6.92 Å². The second kappa shape index (κ2) is 19.0. The van der Waals surface area contributed by atoms with Gasteiger partial charge in [-0.25, -0.2) is 0 Å². The highest BCUT2D eigenvalue weighted by Crippen LogP contribution is 2.13. The molecule has 0 aromatic carbocycles. The first-order chi connectivity index (χ1) is 14.2. The summed E-state index contributed by atoms with van der Waals surface area (Å²) in [6, 6.07) is 0. The lowest BCUT2D eigenvalue weighted by Gasteiger charge is -2.14. The molecule has 0 saturated heterocycles. The molecule has 4 nitrogen and oxygen atoms in total. The Morgan fingerprint density at radius 2 is 1.45 bits per heavy atom. The highest BCUT2D eigenvalue weighted by Gasteiger charge is 2.18. The molecular formula is C24H44NO3S+. The van der Waals surface area contributed by atoms with Crippen molar-refractivity contribution in [3.63, 3.8) is 0 Å². The fourth-order valence-electron chi connectivity index (χ4n) is 3.57. The van der Waals surface area contributed by atoms with Gasteiger partial charge in [0.2, 0.25) is 5.51 Å². The van der Waals surface area contributed by atoms with E-state index >= 15 is 0 Å². The largest absolute Gasteiger partial charge is 0.453 e. The van der Waals surface area contributed by atoms with Gasteiger partial charge in [-0.1, -0.05) is 102 Å². The molecule has 0 N–H and O–H groups in total. The van der Waals surface area contributed by atoms with E-state index in [4.69, 9.17) is 9.47 Å². The van der Waals surface area contributed by atoms with Crippen molar-refractivity contribution >= 4 is 17.3 Å². The topological polar surface area (TPSA) is 39.4 Å². The summed E-state index contributed by atoms with van der Waals surface area (Å²) in [7, 11) is 0. The van der Waals surface area contributed by atoms with Gasteiger partial charge in [0.15, 0.2) is 18.8 Å². The highest BCUT2D eigenvalue weighted by molar-refractivity contribution is 7.07. The van der Waals surface area contributed by atoms with E-state index in [-0.39, 0.29) is 12.1 Å². The molecule has 168 valence electrons. The summed E-state index contributed by atoms with van der Waals surface area (Å²) in [5, 5.41) is 2.01. The Balaban J connectivity index is 1.87. The summed E-state index contributed by atoms with van der Waals surface area (Å²) < 4.78 is 13.2. The molecule has 0 aliphatic heterocycles. The van der Waals surface area contributed by atoms with E-state index in [0.717, 1.165) is 13.0 Å². The molecule has 0 amide bonds. The van der Waals surface area contributed by atoms with E-state index < -0.39 is 0 Å². The maximum Gasteiger partial charge on any atom is 0.303 e. The maximum absolute atomic E-state index is 11.3. The van der Waals surface area contributed by atoms with Gasteiger partial charge in [0.1, 0.15) is 0 Å². The Morgan fingerprint density at radius 3 is 1.93 bits per heavy atom. The van der Waals surface area contributed by atoms with Crippen molar-refractivity contribution in [1.82, 2.24) is 0 Å². The number of hydrogen-bond acceptors (Lipinski definition) is 4. The second-order valence-electron chi connectivity index (χ2n) is 8.13. The average Bonchev–Trinajstić information content (AvgIpc) is 3.20. The molecule has 29 heavy (non-hydrogen) atoms. The lowest BCUT2D eigenvalue weighted by Crippen LogP contribution is -2.41. The molecule has 0 radical (unpaired) electrons. The number of hydrogen-bond donors (Lipinski definition) is 0. The molecule has 1 rings (SSSR count). The summed E-state index contributed by atoms with van der Waals surface area (Å²) in [6.45, 7) is 5.62. The van der Waals surface area contributed by atoms with Crippen LogP contribution in [0.4, 0.5) is 0 Å². The third kappa shape index (κ3) is 16.5. The summed E-state index contributed by atoms with van der Waals surface area (Å²) >= 11 is 1.63. The van der Waals surface area contributed by atoms with Crippen LogP contribution < -0.4 is 4.57 Å². The molecule has 1 aromatic heterocycles. The summed E-state index contributed by atoms with van der Waals surface area (Å²) in [5.41, 5.74) is 2.02. The third-order valence-corrected chi connectivity index (χ3v) is 5.89. The third-order valence-electron chi connectivity index (χ3n) is 5.22. The van der Waals surface area contributed by atoms with Crippen molar-refractivity contribution in [1.29, 1.82) is 0 Å². The van der Waals surface area contributed by atoms with Gasteiger partial charge in [0.05, 0.1) is 12.0 Å². The number of carbonyl (C=O) groups excluding carboxylic acids is 1. The van der Waals surface area contributed by atoms with Crippen LogP contribution in [0.5, 0.6) is 0 Å². The molecular weight excluding hydrogens is 382 g/mol.